The van der Waals surface area contributed by atoms with Gasteiger partial charge in [-0.2, -0.15) is 0 Å². The quantitative estimate of drug-likeness (QED) is 0.871. The van der Waals surface area contributed by atoms with Crippen LogP contribution < -0.4 is 5.32 Å². The van der Waals surface area contributed by atoms with Gasteiger partial charge in [0.15, 0.2) is 0 Å². The summed E-state index contributed by atoms with van der Waals surface area (Å²) in [6.45, 7) is 3.63. The fourth-order valence-electron chi connectivity index (χ4n) is 3.36. The molecular formula is C17H24N2. The Morgan fingerprint density at radius 3 is 2.79 bits per heavy atom. The average Bonchev–Trinajstić information content (AvgIpc) is 3.35. The van der Waals surface area contributed by atoms with Gasteiger partial charge in [-0.15, -0.1) is 0 Å². The van der Waals surface area contributed by atoms with E-state index in [4.69, 9.17) is 0 Å². The zero-order valence-electron chi connectivity index (χ0n) is 11.6. The van der Waals surface area contributed by atoms with Crippen molar-refractivity contribution >= 4 is 0 Å². The van der Waals surface area contributed by atoms with E-state index in [9.17, 15) is 0 Å². The van der Waals surface area contributed by atoms with Crippen LogP contribution in [0.4, 0.5) is 0 Å². The minimum Gasteiger partial charge on any atom is -0.309 e. The number of rotatable bonds is 5. The lowest BCUT2D eigenvalue weighted by molar-refractivity contribution is 0.317. The van der Waals surface area contributed by atoms with Crippen LogP contribution in [-0.2, 0) is 6.54 Å². The molecule has 102 valence electrons. The van der Waals surface area contributed by atoms with E-state index in [-0.39, 0.29) is 0 Å². The fraction of sp³-hybridized carbons (Fsp3) is 0.647. The SMILES string of the molecule is c1cc(CNC2CCN(C3CC3)C2)cc(C2CC2)c1. The minimum atomic E-state index is 0.713. The first-order valence-electron chi connectivity index (χ1n) is 7.95. The second kappa shape index (κ2) is 4.92. The summed E-state index contributed by atoms with van der Waals surface area (Å²) in [4.78, 5) is 2.68. The Bertz CT molecular complexity index is 448. The van der Waals surface area contributed by atoms with E-state index >= 15 is 0 Å². The van der Waals surface area contributed by atoms with Crippen molar-refractivity contribution in [1.82, 2.24) is 10.2 Å². The van der Waals surface area contributed by atoms with Crippen molar-refractivity contribution in [3.63, 3.8) is 0 Å². The van der Waals surface area contributed by atoms with Crippen molar-refractivity contribution in [2.45, 2.75) is 56.7 Å². The van der Waals surface area contributed by atoms with Crippen LogP contribution in [0, 0.1) is 0 Å². The van der Waals surface area contributed by atoms with Gasteiger partial charge < -0.3 is 5.32 Å². The maximum Gasteiger partial charge on any atom is 0.0210 e. The van der Waals surface area contributed by atoms with Gasteiger partial charge in [0.05, 0.1) is 0 Å². The topological polar surface area (TPSA) is 15.3 Å². The second-order valence-corrected chi connectivity index (χ2v) is 6.61. The van der Waals surface area contributed by atoms with Crippen LogP contribution in [0.1, 0.15) is 49.1 Å². The van der Waals surface area contributed by atoms with Gasteiger partial charge in [0.1, 0.15) is 0 Å². The molecule has 1 unspecified atom stereocenters. The predicted molar refractivity (Wildman–Crippen MR) is 78.3 cm³/mol. The molecule has 1 atom stereocenters. The normalized spacial score (nSPS) is 27.9. The first kappa shape index (κ1) is 11.9. The molecule has 2 heteroatoms. The summed E-state index contributed by atoms with van der Waals surface area (Å²) in [5.74, 6) is 0.872. The zero-order valence-corrected chi connectivity index (χ0v) is 11.6. The third kappa shape index (κ3) is 2.85. The van der Waals surface area contributed by atoms with Gasteiger partial charge in [-0.1, -0.05) is 24.3 Å². The summed E-state index contributed by atoms with van der Waals surface area (Å²) >= 11 is 0. The van der Waals surface area contributed by atoms with E-state index in [1.54, 1.807) is 5.56 Å². The smallest absolute Gasteiger partial charge is 0.0210 e. The van der Waals surface area contributed by atoms with Crippen LogP contribution >= 0.6 is 0 Å². The molecule has 19 heavy (non-hydrogen) atoms. The number of nitrogens with zero attached hydrogens (tertiary/aromatic N) is 1. The van der Waals surface area contributed by atoms with E-state index in [0.29, 0.717) is 6.04 Å². The molecule has 1 aliphatic heterocycles. The van der Waals surface area contributed by atoms with Crippen molar-refractivity contribution in [1.29, 1.82) is 0 Å². The van der Waals surface area contributed by atoms with E-state index in [1.807, 2.05) is 0 Å². The van der Waals surface area contributed by atoms with Crippen LogP contribution in [0.3, 0.4) is 0 Å². The van der Waals surface area contributed by atoms with Crippen LogP contribution in [0.25, 0.3) is 0 Å². The van der Waals surface area contributed by atoms with Crippen molar-refractivity contribution in [3.05, 3.63) is 35.4 Å². The lowest BCUT2D eigenvalue weighted by atomic mass is 10.1. The van der Waals surface area contributed by atoms with E-state index in [0.717, 1.165) is 18.5 Å². The highest BCUT2D eigenvalue weighted by Crippen LogP contribution is 2.40. The molecule has 0 amide bonds. The molecule has 1 N–H and O–H groups in total. The fourth-order valence-corrected chi connectivity index (χ4v) is 3.36. The van der Waals surface area contributed by atoms with E-state index in [2.05, 4.69) is 34.5 Å². The van der Waals surface area contributed by atoms with E-state index < -0.39 is 0 Å². The third-order valence-electron chi connectivity index (χ3n) is 4.88. The van der Waals surface area contributed by atoms with Gasteiger partial charge in [0, 0.05) is 31.7 Å². The number of benzene rings is 1. The molecule has 3 fully saturated rings. The first-order valence-corrected chi connectivity index (χ1v) is 7.95. The van der Waals surface area contributed by atoms with Crippen LogP contribution in [0.15, 0.2) is 24.3 Å². The summed E-state index contributed by atoms with van der Waals surface area (Å²) in [5, 5.41) is 3.76. The molecule has 0 radical (unpaired) electrons. The van der Waals surface area contributed by atoms with Crippen LogP contribution in [0.5, 0.6) is 0 Å². The summed E-state index contributed by atoms with van der Waals surface area (Å²) in [7, 11) is 0. The Kier molecular flexibility index (Phi) is 3.08. The Hall–Kier alpha value is -0.860. The second-order valence-electron chi connectivity index (χ2n) is 6.61. The van der Waals surface area contributed by atoms with Gasteiger partial charge in [0.2, 0.25) is 0 Å². The first-order chi connectivity index (χ1) is 9.38. The van der Waals surface area contributed by atoms with Crippen molar-refractivity contribution < 1.29 is 0 Å². The molecule has 2 nitrogen and oxygen atoms in total. The summed E-state index contributed by atoms with van der Waals surface area (Å²) in [6, 6.07) is 10.9. The lowest BCUT2D eigenvalue weighted by Crippen LogP contribution is -2.32. The third-order valence-corrected chi connectivity index (χ3v) is 4.88. The maximum absolute atomic E-state index is 3.76. The molecule has 3 aliphatic rings. The molecule has 2 saturated carbocycles. The van der Waals surface area contributed by atoms with E-state index in [1.165, 1.54) is 50.8 Å². The highest BCUT2D eigenvalue weighted by molar-refractivity contribution is 5.29. The van der Waals surface area contributed by atoms with Gasteiger partial charge in [-0.05, 0) is 49.1 Å². The largest absolute Gasteiger partial charge is 0.309 e. The number of nitrogens with one attached hydrogen (secondary N) is 1. The minimum absolute atomic E-state index is 0.713. The molecule has 0 bridgehead atoms. The molecule has 0 spiro atoms. The monoisotopic (exact) mass is 256 g/mol. The summed E-state index contributed by atoms with van der Waals surface area (Å²) < 4.78 is 0. The van der Waals surface area contributed by atoms with Crippen molar-refractivity contribution in [2.75, 3.05) is 13.1 Å². The molecule has 1 aromatic rings. The lowest BCUT2D eigenvalue weighted by Gasteiger charge is -2.16. The number of hydrogen-bond donors (Lipinski definition) is 1. The molecular weight excluding hydrogens is 232 g/mol. The summed E-state index contributed by atoms with van der Waals surface area (Å²) in [5.41, 5.74) is 3.03. The average molecular weight is 256 g/mol. The Labute approximate surface area is 116 Å². The van der Waals surface area contributed by atoms with Crippen molar-refractivity contribution in [2.24, 2.45) is 0 Å². The Morgan fingerprint density at radius 2 is 2.00 bits per heavy atom. The molecule has 1 saturated heterocycles. The standard InChI is InChI=1S/C17H24N2/c1-2-13(10-15(3-1)14-4-5-14)11-18-16-8-9-19(12-16)17-6-7-17/h1-3,10,14,16-18H,4-9,11-12H2. The van der Waals surface area contributed by atoms with Crippen molar-refractivity contribution in [3.8, 4) is 0 Å². The molecule has 2 aliphatic carbocycles. The molecule has 1 heterocycles. The van der Waals surface area contributed by atoms with Gasteiger partial charge in [-0.25, -0.2) is 0 Å². The Balaban J connectivity index is 1.30. The Morgan fingerprint density at radius 1 is 1.11 bits per heavy atom. The predicted octanol–water partition coefficient (Wildman–Crippen LogP) is 2.89. The molecule has 4 rings (SSSR count). The molecule has 1 aromatic carbocycles. The van der Waals surface area contributed by atoms with Gasteiger partial charge in [0.25, 0.3) is 0 Å². The van der Waals surface area contributed by atoms with Crippen LogP contribution in [0.2, 0.25) is 0 Å². The zero-order chi connectivity index (χ0) is 12.7. The number of likely N-dealkylation sites (tertiary alicyclic amines) is 1. The summed E-state index contributed by atoms with van der Waals surface area (Å²) in [6.07, 6.45) is 7.01. The maximum atomic E-state index is 3.76. The van der Waals surface area contributed by atoms with Gasteiger partial charge >= 0.3 is 0 Å². The van der Waals surface area contributed by atoms with Gasteiger partial charge in [-0.3, -0.25) is 4.90 Å². The number of hydrogen-bond acceptors (Lipinski definition) is 2. The highest BCUT2D eigenvalue weighted by Gasteiger charge is 2.34. The highest BCUT2D eigenvalue weighted by atomic mass is 15.2. The van der Waals surface area contributed by atoms with Crippen LogP contribution in [-0.4, -0.2) is 30.1 Å². The molecule has 0 aromatic heterocycles.